The van der Waals surface area contributed by atoms with Gasteiger partial charge in [-0.25, -0.2) is 4.98 Å². The van der Waals surface area contributed by atoms with E-state index in [4.69, 9.17) is 9.47 Å². The lowest BCUT2D eigenvalue weighted by molar-refractivity contribution is -0.148. The first-order valence-electron chi connectivity index (χ1n) is 10.1. The molecule has 0 saturated heterocycles. The molecule has 0 amide bonds. The largest absolute Gasteiger partial charge is 0.481 e. The molecular formula is C23H25N5O4. The van der Waals surface area contributed by atoms with Crippen LogP contribution < -0.4 is 9.47 Å². The number of carboxylic acid groups (broad SMARTS) is 1. The van der Waals surface area contributed by atoms with Crippen LogP contribution in [0.4, 0.5) is 0 Å². The molecular weight excluding hydrogens is 410 g/mol. The van der Waals surface area contributed by atoms with E-state index in [0.29, 0.717) is 22.8 Å². The van der Waals surface area contributed by atoms with Crippen LogP contribution in [0.1, 0.15) is 38.8 Å². The third-order valence-electron chi connectivity index (χ3n) is 4.76. The van der Waals surface area contributed by atoms with Gasteiger partial charge in [-0.05, 0) is 57.9 Å². The van der Waals surface area contributed by atoms with Crippen LogP contribution in [0.15, 0.2) is 30.5 Å². The van der Waals surface area contributed by atoms with Crippen molar-refractivity contribution >= 4 is 5.97 Å². The number of carbonyl (C=O) groups is 1. The molecule has 2 N–H and O–H groups in total. The van der Waals surface area contributed by atoms with Gasteiger partial charge in [0.2, 0.25) is 5.88 Å². The molecule has 3 aromatic rings. The first-order chi connectivity index (χ1) is 15.1. The van der Waals surface area contributed by atoms with E-state index in [0.717, 1.165) is 16.7 Å². The highest BCUT2D eigenvalue weighted by atomic mass is 16.5. The molecule has 32 heavy (non-hydrogen) atoms. The number of aromatic amines is 1. The Bertz CT molecular complexity index is 1180. The molecule has 0 aliphatic carbocycles. The second kappa shape index (κ2) is 9.06. The summed E-state index contributed by atoms with van der Waals surface area (Å²) in [6.45, 7) is 8.84. The summed E-state index contributed by atoms with van der Waals surface area (Å²) in [5.41, 5.74) is 2.55. The van der Waals surface area contributed by atoms with Crippen molar-refractivity contribution in [1.29, 1.82) is 5.26 Å². The fourth-order valence-electron chi connectivity index (χ4n) is 2.87. The minimum absolute atomic E-state index is 0.00108. The minimum atomic E-state index is -1.02. The van der Waals surface area contributed by atoms with Crippen molar-refractivity contribution in [3.63, 3.8) is 0 Å². The predicted molar refractivity (Wildman–Crippen MR) is 117 cm³/mol. The van der Waals surface area contributed by atoms with Crippen LogP contribution in [0.3, 0.4) is 0 Å². The maximum absolute atomic E-state index is 11.2. The molecule has 0 unspecified atom stereocenters. The minimum Gasteiger partial charge on any atom is -0.481 e. The summed E-state index contributed by atoms with van der Waals surface area (Å²) in [7, 11) is 0. The lowest BCUT2D eigenvalue weighted by Crippen LogP contribution is -2.30. The number of pyridine rings is 1. The number of nitrogens with one attached hydrogen (secondary N) is 1. The van der Waals surface area contributed by atoms with Crippen LogP contribution in [-0.2, 0) is 4.79 Å². The zero-order valence-electron chi connectivity index (χ0n) is 18.6. The molecule has 9 heteroatoms. The zero-order valence-corrected chi connectivity index (χ0v) is 18.6. The van der Waals surface area contributed by atoms with E-state index in [-0.39, 0.29) is 18.7 Å². The first-order valence-corrected chi connectivity index (χ1v) is 10.1. The molecule has 3 rings (SSSR count). The van der Waals surface area contributed by atoms with Gasteiger partial charge >= 0.3 is 12.0 Å². The van der Waals surface area contributed by atoms with Gasteiger partial charge < -0.3 is 14.6 Å². The number of nitriles is 1. The number of aliphatic carboxylic acids is 1. The summed E-state index contributed by atoms with van der Waals surface area (Å²) in [5, 5.41) is 25.7. The van der Waals surface area contributed by atoms with Crippen molar-refractivity contribution in [1.82, 2.24) is 20.2 Å². The SMILES string of the molecule is Cc1cc(OCC(C)(C)C(=O)O)ncc1-c1ccc(-c2nc(OC(C)C)n[nH]2)c(C#N)c1. The molecule has 0 aliphatic heterocycles. The fourth-order valence-corrected chi connectivity index (χ4v) is 2.87. The molecule has 0 saturated carbocycles. The molecule has 166 valence electrons. The van der Waals surface area contributed by atoms with Crippen LogP contribution in [0.25, 0.3) is 22.5 Å². The molecule has 9 nitrogen and oxygen atoms in total. The van der Waals surface area contributed by atoms with Crippen LogP contribution in [0.5, 0.6) is 11.9 Å². The molecule has 0 spiro atoms. The Morgan fingerprint density at radius 1 is 1.28 bits per heavy atom. The lowest BCUT2D eigenvalue weighted by atomic mass is 9.95. The van der Waals surface area contributed by atoms with Gasteiger partial charge in [-0.15, -0.1) is 5.10 Å². The van der Waals surface area contributed by atoms with Crippen LogP contribution >= 0.6 is 0 Å². The number of nitrogens with zero attached hydrogens (tertiary/aromatic N) is 4. The second-order valence-corrected chi connectivity index (χ2v) is 8.32. The maximum Gasteiger partial charge on any atom is 0.336 e. The highest BCUT2D eigenvalue weighted by Gasteiger charge is 2.28. The summed E-state index contributed by atoms with van der Waals surface area (Å²) in [6.07, 6.45) is 1.59. The average molecular weight is 435 g/mol. The summed E-state index contributed by atoms with van der Waals surface area (Å²) < 4.78 is 11.1. The molecule has 2 heterocycles. The van der Waals surface area contributed by atoms with Gasteiger partial charge in [-0.3, -0.25) is 9.89 Å². The lowest BCUT2D eigenvalue weighted by Gasteiger charge is -2.19. The number of aromatic nitrogens is 4. The van der Waals surface area contributed by atoms with Gasteiger partial charge in [-0.2, -0.15) is 10.2 Å². The topological polar surface area (TPSA) is 134 Å². The molecule has 2 aromatic heterocycles. The van der Waals surface area contributed by atoms with E-state index >= 15 is 0 Å². The van der Waals surface area contributed by atoms with Gasteiger partial charge in [0.1, 0.15) is 6.61 Å². The third kappa shape index (κ3) is 5.03. The molecule has 0 atom stereocenters. The molecule has 0 aliphatic rings. The number of hydrogen-bond acceptors (Lipinski definition) is 7. The van der Waals surface area contributed by atoms with E-state index in [1.165, 1.54) is 0 Å². The number of H-pyrrole nitrogens is 1. The van der Waals surface area contributed by atoms with Crippen LogP contribution in [0.2, 0.25) is 0 Å². The average Bonchev–Trinajstić information content (AvgIpc) is 3.19. The Labute approximate surface area is 186 Å². The van der Waals surface area contributed by atoms with Gasteiger partial charge in [0, 0.05) is 23.4 Å². The summed E-state index contributed by atoms with van der Waals surface area (Å²) >= 11 is 0. The van der Waals surface area contributed by atoms with E-state index in [1.54, 1.807) is 38.2 Å². The van der Waals surface area contributed by atoms with Gasteiger partial charge in [0.15, 0.2) is 5.82 Å². The number of aryl methyl sites for hydroxylation is 1. The van der Waals surface area contributed by atoms with Crippen molar-refractivity contribution in [2.75, 3.05) is 6.61 Å². The van der Waals surface area contributed by atoms with Crippen LogP contribution in [-0.4, -0.2) is 44.0 Å². The van der Waals surface area contributed by atoms with Gasteiger partial charge in [-0.1, -0.05) is 6.07 Å². The molecule has 0 fully saturated rings. The van der Waals surface area contributed by atoms with Crippen molar-refractivity contribution < 1.29 is 19.4 Å². The van der Waals surface area contributed by atoms with E-state index in [2.05, 4.69) is 26.2 Å². The standard InChI is InChI=1S/C23H25N5O4/c1-13(2)32-22-26-20(27-28-22)17-7-6-15(9-16(17)10-24)18-11-25-19(8-14(18)3)31-12-23(4,5)21(29)30/h6-9,11,13H,12H2,1-5H3,(H,29,30)(H,26,27,28). The number of ether oxygens (including phenoxy) is 2. The highest BCUT2D eigenvalue weighted by Crippen LogP contribution is 2.30. The zero-order chi connectivity index (χ0) is 23.5. The number of benzene rings is 1. The number of rotatable bonds is 8. The van der Waals surface area contributed by atoms with Crippen molar-refractivity contribution in [3.05, 3.63) is 41.6 Å². The van der Waals surface area contributed by atoms with Crippen LogP contribution in [0, 0.1) is 23.7 Å². The summed E-state index contributed by atoms with van der Waals surface area (Å²) in [4.78, 5) is 19.8. The summed E-state index contributed by atoms with van der Waals surface area (Å²) in [5.74, 6) is -0.148. The van der Waals surface area contributed by atoms with E-state index in [9.17, 15) is 15.2 Å². The second-order valence-electron chi connectivity index (χ2n) is 8.32. The Hall–Kier alpha value is -3.93. The van der Waals surface area contributed by atoms with Crippen molar-refractivity contribution in [3.8, 4) is 40.5 Å². The normalized spacial score (nSPS) is 11.3. The molecule has 0 radical (unpaired) electrons. The molecule has 0 bridgehead atoms. The van der Waals surface area contributed by atoms with Crippen molar-refractivity contribution in [2.24, 2.45) is 5.41 Å². The Morgan fingerprint density at radius 3 is 2.66 bits per heavy atom. The number of hydrogen-bond donors (Lipinski definition) is 2. The van der Waals surface area contributed by atoms with E-state index in [1.807, 2.05) is 26.8 Å². The van der Waals surface area contributed by atoms with Gasteiger partial charge in [0.25, 0.3) is 0 Å². The quantitative estimate of drug-likeness (QED) is 0.542. The monoisotopic (exact) mass is 435 g/mol. The highest BCUT2D eigenvalue weighted by molar-refractivity contribution is 5.75. The molecule has 1 aromatic carbocycles. The maximum atomic E-state index is 11.2. The number of carboxylic acids is 1. The third-order valence-corrected chi connectivity index (χ3v) is 4.76. The smallest absolute Gasteiger partial charge is 0.336 e. The Morgan fingerprint density at radius 2 is 2.03 bits per heavy atom. The summed E-state index contributed by atoms with van der Waals surface area (Å²) in [6, 6.07) is 9.62. The fraction of sp³-hybridized carbons (Fsp3) is 0.348. The van der Waals surface area contributed by atoms with Gasteiger partial charge in [0.05, 0.1) is 23.2 Å². The first kappa shape index (κ1) is 22.7. The van der Waals surface area contributed by atoms with E-state index < -0.39 is 11.4 Å². The van der Waals surface area contributed by atoms with Crippen molar-refractivity contribution in [2.45, 2.75) is 40.7 Å². The Kier molecular flexibility index (Phi) is 6.44. The Balaban J connectivity index is 1.85. The predicted octanol–water partition coefficient (Wildman–Crippen LogP) is 3.99.